The first kappa shape index (κ1) is 25.6. The minimum absolute atomic E-state index is 0.136. The first-order chi connectivity index (χ1) is 20.0. The van der Waals surface area contributed by atoms with Crippen molar-refractivity contribution in [3.63, 3.8) is 0 Å². The van der Waals surface area contributed by atoms with E-state index in [-0.39, 0.29) is 24.1 Å². The highest BCUT2D eigenvalue weighted by Crippen LogP contribution is 2.37. The van der Waals surface area contributed by atoms with Gasteiger partial charge in [0.15, 0.2) is 22.9 Å². The van der Waals surface area contributed by atoms with Crippen molar-refractivity contribution in [2.24, 2.45) is 0 Å². The van der Waals surface area contributed by atoms with Gasteiger partial charge in [-0.2, -0.15) is 9.78 Å². The van der Waals surface area contributed by atoms with Crippen LogP contribution in [0.1, 0.15) is 21.5 Å². The number of nitrogens with one attached hydrogen (secondary N) is 2. The number of aromatic nitrogens is 3. The van der Waals surface area contributed by atoms with Crippen molar-refractivity contribution in [1.29, 1.82) is 0 Å². The van der Waals surface area contributed by atoms with Gasteiger partial charge in [-0.3, -0.25) is 14.6 Å². The van der Waals surface area contributed by atoms with Crippen molar-refractivity contribution in [3.05, 3.63) is 124 Å². The van der Waals surface area contributed by atoms with E-state index in [2.05, 4.69) is 20.7 Å². The molecule has 10 nitrogen and oxygen atoms in total. The van der Waals surface area contributed by atoms with Crippen LogP contribution in [0.4, 0.5) is 11.4 Å². The van der Waals surface area contributed by atoms with Crippen molar-refractivity contribution < 1.29 is 19.0 Å². The molecule has 41 heavy (non-hydrogen) atoms. The number of anilines is 2. The molecule has 5 aromatic rings. The molecule has 2 aromatic heterocycles. The largest absolute Gasteiger partial charge is 0.454 e. The van der Waals surface area contributed by atoms with Gasteiger partial charge in [-0.05, 0) is 73.2 Å². The SMILES string of the molecule is Cc1ccc(-n2ncc(Oc3ccc4c(c3)OCO4)c(Nc3ccc(C(=O)NCc4ccncc4)cc3)c2=O)cc1. The van der Waals surface area contributed by atoms with Crippen LogP contribution in [0.15, 0.2) is 102 Å². The summed E-state index contributed by atoms with van der Waals surface area (Å²) in [6.45, 7) is 2.49. The summed E-state index contributed by atoms with van der Waals surface area (Å²) >= 11 is 0. The number of pyridine rings is 1. The smallest absolute Gasteiger partial charge is 0.299 e. The molecule has 0 spiro atoms. The van der Waals surface area contributed by atoms with E-state index >= 15 is 0 Å². The van der Waals surface area contributed by atoms with Crippen LogP contribution >= 0.6 is 0 Å². The highest BCUT2D eigenvalue weighted by molar-refractivity contribution is 5.94. The zero-order valence-electron chi connectivity index (χ0n) is 22.0. The van der Waals surface area contributed by atoms with E-state index in [1.807, 2.05) is 43.3 Å². The van der Waals surface area contributed by atoms with Gasteiger partial charge < -0.3 is 24.8 Å². The van der Waals surface area contributed by atoms with Crippen LogP contribution < -0.4 is 30.4 Å². The molecule has 10 heteroatoms. The molecule has 0 fully saturated rings. The van der Waals surface area contributed by atoms with Crippen molar-refractivity contribution in [2.75, 3.05) is 12.1 Å². The predicted octanol–water partition coefficient (Wildman–Crippen LogP) is 5.13. The summed E-state index contributed by atoms with van der Waals surface area (Å²) < 4.78 is 18.2. The summed E-state index contributed by atoms with van der Waals surface area (Å²) in [6.07, 6.45) is 4.84. The van der Waals surface area contributed by atoms with Gasteiger partial charge >= 0.3 is 0 Å². The van der Waals surface area contributed by atoms with Crippen LogP contribution in [-0.4, -0.2) is 27.5 Å². The molecule has 0 bridgehead atoms. The van der Waals surface area contributed by atoms with Crippen LogP contribution in [0.2, 0.25) is 0 Å². The second kappa shape index (κ2) is 11.2. The molecule has 1 amide bonds. The van der Waals surface area contributed by atoms with Gasteiger partial charge in [-0.25, -0.2) is 0 Å². The molecule has 3 heterocycles. The molecular weight excluding hydrogens is 522 g/mol. The second-order valence-electron chi connectivity index (χ2n) is 9.29. The molecule has 0 saturated carbocycles. The molecule has 1 aliphatic rings. The van der Waals surface area contributed by atoms with Crippen molar-refractivity contribution in [3.8, 4) is 28.7 Å². The second-order valence-corrected chi connectivity index (χ2v) is 9.29. The van der Waals surface area contributed by atoms with E-state index in [0.717, 1.165) is 11.1 Å². The maximum atomic E-state index is 13.7. The lowest BCUT2D eigenvalue weighted by Crippen LogP contribution is -2.24. The third kappa shape index (κ3) is 5.71. The number of rotatable bonds is 8. The Kier molecular flexibility index (Phi) is 7.02. The maximum Gasteiger partial charge on any atom is 0.299 e. The number of hydrogen-bond donors (Lipinski definition) is 2. The number of ether oxygens (including phenoxy) is 3. The Balaban J connectivity index is 1.27. The highest BCUT2D eigenvalue weighted by atomic mass is 16.7. The van der Waals surface area contributed by atoms with E-state index in [9.17, 15) is 9.59 Å². The third-order valence-electron chi connectivity index (χ3n) is 6.41. The number of aryl methyl sites for hydroxylation is 1. The first-order valence-corrected chi connectivity index (χ1v) is 12.8. The van der Waals surface area contributed by atoms with Gasteiger partial charge in [-0.15, -0.1) is 0 Å². The Morgan fingerprint density at radius 1 is 0.951 bits per heavy atom. The first-order valence-electron chi connectivity index (χ1n) is 12.8. The van der Waals surface area contributed by atoms with Gasteiger partial charge in [0, 0.05) is 36.3 Å². The Labute approximate surface area is 235 Å². The molecule has 1 aliphatic heterocycles. The monoisotopic (exact) mass is 547 g/mol. The molecule has 0 unspecified atom stereocenters. The molecule has 0 atom stereocenters. The summed E-state index contributed by atoms with van der Waals surface area (Å²) in [4.78, 5) is 30.3. The number of amides is 1. The van der Waals surface area contributed by atoms with Crippen molar-refractivity contribution in [1.82, 2.24) is 20.1 Å². The minimum Gasteiger partial charge on any atom is -0.454 e. The number of nitrogens with zero attached hydrogens (tertiary/aromatic N) is 3. The maximum absolute atomic E-state index is 13.7. The van der Waals surface area contributed by atoms with Crippen molar-refractivity contribution in [2.45, 2.75) is 13.5 Å². The zero-order chi connectivity index (χ0) is 28.2. The number of fused-ring (bicyclic) bond motifs is 1. The van der Waals surface area contributed by atoms with Crippen LogP contribution in [-0.2, 0) is 6.54 Å². The van der Waals surface area contributed by atoms with Gasteiger partial charge in [0.2, 0.25) is 6.79 Å². The van der Waals surface area contributed by atoms with E-state index in [0.29, 0.717) is 40.7 Å². The quantitative estimate of drug-likeness (QED) is 0.275. The predicted molar refractivity (Wildman–Crippen MR) is 152 cm³/mol. The van der Waals surface area contributed by atoms with Gasteiger partial charge in [0.05, 0.1) is 11.9 Å². The fourth-order valence-electron chi connectivity index (χ4n) is 4.20. The molecule has 6 rings (SSSR count). The lowest BCUT2D eigenvalue weighted by molar-refractivity contribution is 0.0951. The lowest BCUT2D eigenvalue weighted by atomic mass is 10.2. The van der Waals surface area contributed by atoms with E-state index in [1.54, 1.807) is 54.9 Å². The standard InChI is InChI=1S/C31H25N5O5/c1-20-2-8-24(9-3-20)36-31(38)29(28(18-34-36)41-25-10-11-26-27(16-25)40-19-39-26)35-23-6-4-22(5-7-23)30(37)33-17-21-12-14-32-15-13-21/h2-16,18,35H,17,19H2,1H3,(H,33,37). The van der Waals surface area contributed by atoms with Crippen LogP contribution in [0.25, 0.3) is 5.69 Å². The van der Waals surface area contributed by atoms with E-state index < -0.39 is 5.56 Å². The summed E-state index contributed by atoms with van der Waals surface area (Å²) in [7, 11) is 0. The summed E-state index contributed by atoms with van der Waals surface area (Å²) in [6, 6.07) is 23.1. The zero-order valence-corrected chi connectivity index (χ0v) is 22.0. The summed E-state index contributed by atoms with van der Waals surface area (Å²) in [5, 5.41) is 10.4. The fourth-order valence-corrected chi connectivity index (χ4v) is 4.20. The summed E-state index contributed by atoms with van der Waals surface area (Å²) in [5.41, 5.74) is 3.45. The molecule has 2 N–H and O–H groups in total. The van der Waals surface area contributed by atoms with Crippen LogP contribution in [0.5, 0.6) is 23.0 Å². The molecule has 204 valence electrons. The number of benzene rings is 3. The van der Waals surface area contributed by atoms with Gasteiger partial charge in [0.25, 0.3) is 11.5 Å². The number of carbonyl (C=O) groups is 1. The minimum atomic E-state index is -0.411. The topological polar surface area (TPSA) is 117 Å². The lowest BCUT2D eigenvalue weighted by Gasteiger charge is -2.15. The molecule has 0 saturated heterocycles. The van der Waals surface area contributed by atoms with E-state index in [4.69, 9.17) is 14.2 Å². The Morgan fingerprint density at radius 3 is 2.49 bits per heavy atom. The van der Waals surface area contributed by atoms with Crippen molar-refractivity contribution >= 4 is 17.3 Å². The number of carbonyl (C=O) groups excluding carboxylic acids is 1. The normalized spacial score (nSPS) is 11.6. The third-order valence-corrected chi connectivity index (χ3v) is 6.41. The molecule has 0 aliphatic carbocycles. The molecule has 0 radical (unpaired) electrons. The Morgan fingerprint density at radius 2 is 1.71 bits per heavy atom. The van der Waals surface area contributed by atoms with Crippen LogP contribution in [0.3, 0.4) is 0 Å². The van der Waals surface area contributed by atoms with Gasteiger partial charge in [0.1, 0.15) is 5.75 Å². The Hall–Kier alpha value is -5.64. The fraction of sp³-hybridized carbons (Fsp3) is 0.0968. The van der Waals surface area contributed by atoms with E-state index in [1.165, 1.54) is 10.9 Å². The summed E-state index contributed by atoms with van der Waals surface area (Å²) in [5.74, 6) is 1.62. The Bertz CT molecular complexity index is 1750. The average molecular weight is 548 g/mol. The van der Waals surface area contributed by atoms with Crippen LogP contribution in [0, 0.1) is 6.92 Å². The molecule has 3 aromatic carbocycles. The molecular formula is C31H25N5O5. The van der Waals surface area contributed by atoms with Gasteiger partial charge in [-0.1, -0.05) is 17.7 Å². The highest BCUT2D eigenvalue weighted by Gasteiger charge is 2.18. The average Bonchev–Trinajstić information content (AvgIpc) is 3.47. The number of hydrogen-bond acceptors (Lipinski definition) is 8.